The number of unbranched alkanes of at least 4 members (excludes halogenated alkanes) is 1. The van der Waals surface area contributed by atoms with Crippen LogP contribution in [0.5, 0.6) is 11.5 Å². The fourth-order valence-corrected chi connectivity index (χ4v) is 2.61. The number of hydrogen-bond donors (Lipinski definition) is 0. The average Bonchev–Trinajstić information content (AvgIpc) is 2.38. The molecule has 0 fully saturated rings. The number of benzene rings is 1. The van der Waals surface area contributed by atoms with Crippen molar-refractivity contribution in [3.05, 3.63) is 23.8 Å². The lowest BCUT2D eigenvalue weighted by molar-refractivity contribution is 0.108. The summed E-state index contributed by atoms with van der Waals surface area (Å²) in [6, 6.07) is 5.32. The summed E-state index contributed by atoms with van der Waals surface area (Å²) in [7, 11) is 3.49. The first-order chi connectivity index (χ1) is 8.22. The van der Waals surface area contributed by atoms with Crippen molar-refractivity contribution in [1.82, 2.24) is 0 Å². The van der Waals surface area contributed by atoms with Gasteiger partial charge in [0.05, 0.1) is 19.8 Å². The second-order valence-corrected chi connectivity index (χ2v) is 4.98. The van der Waals surface area contributed by atoms with Crippen molar-refractivity contribution < 1.29 is 14.3 Å². The van der Waals surface area contributed by atoms with Crippen LogP contribution in [0, 0.1) is 0 Å². The highest BCUT2D eigenvalue weighted by atomic mass is 31.1. The highest BCUT2D eigenvalue weighted by Gasteiger charge is 2.12. The normalized spacial score (nSPS) is 10.8. The molecule has 1 unspecified atom stereocenters. The molecule has 4 heteroatoms. The molecular weight excluding hydrogens is 235 g/mol. The van der Waals surface area contributed by atoms with Gasteiger partial charge in [0.25, 0.3) is 0 Å². The summed E-state index contributed by atoms with van der Waals surface area (Å²) in [6.45, 7) is 2.13. The summed E-state index contributed by atoms with van der Waals surface area (Å²) < 4.78 is 10.3. The van der Waals surface area contributed by atoms with Crippen LogP contribution in [-0.4, -0.2) is 25.9 Å². The molecule has 0 aliphatic rings. The van der Waals surface area contributed by atoms with Gasteiger partial charge in [0.2, 0.25) is 0 Å². The van der Waals surface area contributed by atoms with E-state index in [-0.39, 0.29) is 5.52 Å². The van der Waals surface area contributed by atoms with Crippen molar-refractivity contribution in [3.63, 3.8) is 0 Å². The fourth-order valence-electron chi connectivity index (χ4n) is 1.46. The van der Waals surface area contributed by atoms with Crippen LogP contribution < -0.4 is 9.47 Å². The molecule has 1 atom stereocenters. The number of carbonyl (C=O) groups is 1. The second-order valence-electron chi connectivity index (χ2n) is 3.68. The smallest absolute Gasteiger partial charge is 0.184 e. The van der Waals surface area contributed by atoms with E-state index in [4.69, 9.17) is 9.47 Å². The van der Waals surface area contributed by atoms with Crippen LogP contribution in [0.25, 0.3) is 0 Å². The third-order valence-corrected chi connectivity index (χ3v) is 3.66. The zero-order valence-corrected chi connectivity index (χ0v) is 11.6. The van der Waals surface area contributed by atoms with Crippen LogP contribution in [0.1, 0.15) is 30.1 Å². The topological polar surface area (TPSA) is 35.5 Å². The van der Waals surface area contributed by atoms with Gasteiger partial charge in [0.15, 0.2) is 5.52 Å². The molecule has 0 saturated heterocycles. The largest absolute Gasteiger partial charge is 0.497 e. The fraction of sp³-hybridized carbons (Fsp3) is 0.462. The van der Waals surface area contributed by atoms with Gasteiger partial charge in [-0.2, -0.15) is 0 Å². The summed E-state index contributed by atoms with van der Waals surface area (Å²) in [5, 5.41) is 0. The molecular formula is C13H19O3P. The Morgan fingerprint density at radius 3 is 2.65 bits per heavy atom. The molecule has 1 aromatic rings. The Kier molecular flexibility index (Phi) is 5.99. The lowest BCUT2D eigenvalue weighted by atomic mass is 10.2. The van der Waals surface area contributed by atoms with Crippen LogP contribution in [-0.2, 0) is 0 Å². The van der Waals surface area contributed by atoms with Crippen LogP contribution in [0.15, 0.2) is 18.2 Å². The van der Waals surface area contributed by atoms with E-state index >= 15 is 0 Å². The summed E-state index contributed by atoms with van der Waals surface area (Å²) in [5.41, 5.74) is 0.820. The van der Waals surface area contributed by atoms with Gasteiger partial charge in [-0.25, -0.2) is 0 Å². The van der Waals surface area contributed by atoms with Gasteiger partial charge in [-0.1, -0.05) is 13.3 Å². The molecule has 0 aliphatic heterocycles. The Bertz CT molecular complexity index is 377. The van der Waals surface area contributed by atoms with Crippen molar-refractivity contribution in [2.75, 3.05) is 20.4 Å². The van der Waals surface area contributed by atoms with Crippen molar-refractivity contribution in [1.29, 1.82) is 0 Å². The summed E-state index contributed by atoms with van der Waals surface area (Å²) in [5.74, 6) is 1.30. The molecule has 0 heterocycles. The minimum atomic E-state index is 0.165. The monoisotopic (exact) mass is 254 g/mol. The predicted octanol–water partition coefficient (Wildman–Crippen LogP) is 3.32. The molecule has 0 amide bonds. The second kappa shape index (κ2) is 7.29. The molecule has 0 bridgehead atoms. The van der Waals surface area contributed by atoms with Gasteiger partial charge in [0, 0.05) is 6.07 Å². The molecule has 1 rings (SSSR count). The van der Waals surface area contributed by atoms with E-state index in [1.54, 1.807) is 32.4 Å². The maximum absolute atomic E-state index is 12.0. The first-order valence-corrected chi connectivity index (χ1v) is 6.93. The summed E-state index contributed by atoms with van der Waals surface area (Å²) >= 11 is 0. The molecule has 0 aliphatic carbocycles. The van der Waals surface area contributed by atoms with E-state index in [0.717, 1.165) is 19.0 Å². The van der Waals surface area contributed by atoms with Gasteiger partial charge >= 0.3 is 0 Å². The van der Waals surface area contributed by atoms with Crippen molar-refractivity contribution in [2.45, 2.75) is 19.8 Å². The van der Waals surface area contributed by atoms with Crippen LogP contribution in [0.3, 0.4) is 0 Å². The van der Waals surface area contributed by atoms with E-state index in [9.17, 15) is 4.79 Å². The first-order valence-electron chi connectivity index (χ1n) is 5.73. The summed E-state index contributed by atoms with van der Waals surface area (Å²) in [6.07, 6.45) is 3.19. The maximum Gasteiger partial charge on any atom is 0.184 e. The average molecular weight is 254 g/mol. The van der Waals surface area contributed by atoms with Crippen molar-refractivity contribution >= 4 is 14.1 Å². The Balaban J connectivity index is 2.78. The van der Waals surface area contributed by atoms with Gasteiger partial charge in [-0.05, 0) is 33.3 Å². The zero-order valence-electron chi connectivity index (χ0n) is 10.6. The van der Waals surface area contributed by atoms with E-state index in [2.05, 4.69) is 6.92 Å². The predicted molar refractivity (Wildman–Crippen MR) is 72.0 cm³/mol. The SMILES string of the molecule is CCCCPC(=O)c1ccc(OC)cc1OC. The van der Waals surface area contributed by atoms with Gasteiger partial charge < -0.3 is 9.47 Å². The minimum absolute atomic E-state index is 0.165. The molecule has 0 radical (unpaired) electrons. The van der Waals surface area contributed by atoms with Gasteiger partial charge in [-0.3, -0.25) is 4.79 Å². The third kappa shape index (κ3) is 4.01. The molecule has 0 aromatic heterocycles. The van der Waals surface area contributed by atoms with E-state index < -0.39 is 0 Å². The number of carbonyl (C=O) groups excluding carboxylic acids is 1. The van der Waals surface area contributed by atoms with Gasteiger partial charge in [-0.15, -0.1) is 0 Å². The minimum Gasteiger partial charge on any atom is -0.497 e. The highest BCUT2D eigenvalue weighted by Crippen LogP contribution is 2.30. The number of ether oxygens (including phenoxy) is 2. The Morgan fingerprint density at radius 1 is 1.29 bits per heavy atom. The van der Waals surface area contributed by atoms with Crippen LogP contribution >= 0.6 is 8.58 Å². The van der Waals surface area contributed by atoms with Crippen LogP contribution in [0.4, 0.5) is 0 Å². The molecule has 1 aromatic carbocycles. The lowest BCUT2D eigenvalue weighted by Gasteiger charge is -2.09. The molecule has 94 valence electrons. The quantitative estimate of drug-likeness (QED) is 0.553. The molecule has 0 N–H and O–H groups in total. The highest BCUT2D eigenvalue weighted by molar-refractivity contribution is 7.58. The Hall–Kier alpha value is -1.08. The number of rotatable bonds is 7. The summed E-state index contributed by atoms with van der Waals surface area (Å²) in [4.78, 5) is 12.0. The van der Waals surface area contributed by atoms with E-state index in [1.165, 1.54) is 0 Å². The Labute approximate surface area is 104 Å². The van der Waals surface area contributed by atoms with Crippen molar-refractivity contribution in [2.24, 2.45) is 0 Å². The first kappa shape index (κ1) is 14.0. The van der Waals surface area contributed by atoms with Gasteiger partial charge in [0.1, 0.15) is 11.5 Å². The molecule has 3 nitrogen and oxygen atoms in total. The van der Waals surface area contributed by atoms with Crippen molar-refractivity contribution in [3.8, 4) is 11.5 Å². The molecule has 0 saturated carbocycles. The van der Waals surface area contributed by atoms with E-state index in [0.29, 0.717) is 25.6 Å². The number of hydrogen-bond acceptors (Lipinski definition) is 3. The Morgan fingerprint density at radius 2 is 2.06 bits per heavy atom. The molecule has 17 heavy (non-hydrogen) atoms. The zero-order chi connectivity index (χ0) is 12.7. The number of methoxy groups -OCH3 is 2. The van der Waals surface area contributed by atoms with Crippen LogP contribution in [0.2, 0.25) is 0 Å². The standard InChI is InChI=1S/C13H19O3P/c1-4-5-8-17-13(14)11-7-6-10(15-2)9-12(11)16-3/h6-7,9,17H,4-5,8H2,1-3H3. The maximum atomic E-state index is 12.0. The molecule has 0 spiro atoms. The van der Waals surface area contributed by atoms with E-state index in [1.807, 2.05) is 0 Å². The third-order valence-electron chi connectivity index (χ3n) is 2.47. The lowest BCUT2D eigenvalue weighted by Crippen LogP contribution is -1.98.